The Labute approximate surface area is 118 Å². The number of carbonyl (C=O) groups excluding carboxylic acids is 2. The van der Waals surface area contributed by atoms with Crippen molar-refractivity contribution in [3.05, 3.63) is 24.2 Å². The molecule has 1 aromatic rings. The van der Waals surface area contributed by atoms with Crippen molar-refractivity contribution in [2.24, 2.45) is 17.8 Å². The molecule has 0 spiro atoms. The monoisotopic (exact) mass is 276 g/mol. The van der Waals surface area contributed by atoms with E-state index in [9.17, 15) is 9.59 Å². The van der Waals surface area contributed by atoms with Gasteiger partial charge in [0.1, 0.15) is 5.76 Å². The Morgan fingerprint density at radius 3 is 2.60 bits per heavy atom. The van der Waals surface area contributed by atoms with Gasteiger partial charge in [-0.3, -0.25) is 9.59 Å². The van der Waals surface area contributed by atoms with Crippen LogP contribution in [0.4, 0.5) is 0 Å². The molecule has 2 heterocycles. The number of furan rings is 1. The Morgan fingerprint density at radius 2 is 2.05 bits per heavy atom. The van der Waals surface area contributed by atoms with Gasteiger partial charge in [-0.05, 0) is 36.8 Å². The van der Waals surface area contributed by atoms with Crippen LogP contribution in [-0.2, 0) is 16.1 Å². The summed E-state index contributed by atoms with van der Waals surface area (Å²) >= 11 is 0. The zero-order valence-corrected chi connectivity index (χ0v) is 11.7. The van der Waals surface area contributed by atoms with Crippen LogP contribution in [0.2, 0.25) is 0 Å². The molecule has 0 aromatic carbocycles. The molecule has 1 aromatic heterocycles. The van der Waals surface area contributed by atoms with Gasteiger partial charge in [-0.2, -0.15) is 0 Å². The number of carbonyl (C=O) groups is 2. The highest BCUT2D eigenvalue weighted by Crippen LogP contribution is 2.42. The highest BCUT2D eigenvalue weighted by atomic mass is 16.3. The third-order valence-electron chi connectivity index (χ3n) is 4.60. The minimum Gasteiger partial charge on any atom is -0.467 e. The third kappa shape index (κ3) is 2.44. The van der Waals surface area contributed by atoms with E-state index in [0.29, 0.717) is 18.4 Å². The van der Waals surface area contributed by atoms with E-state index >= 15 is 0 Å². The molecule has 0 radical (unpaired) electrons. The largest absolute Gasteiger partial charge is 0.467 e. The zero-order chi connectivity index (χ0) is 14.1. The van der Waals surface area contributed by atoms with E-state index in [1.54, 1.807) is 13.2 Å². The predicted octanol–water partition coefficient (Wildman–Crippen LogP) is 1.40. The number of nitrogens with one attached hydrogen (secondary N) is 1. The van der Waals surface area contributed by atoms with E-state index in [2.05, 4.69) is 5.32 Å². The van der Waals surface area contributed by atoms with Crippen molar-refractivity contribution in [2.75, 3.05) is 13.1 Å². The molecule has 1 aliphatic heterocycles. The van der Waals surface area contributed by atoms with Gasteiger partial charge in [0.25, 0.3) is 0 Å². The Bertz CT molecular complexity index is 483. The molecule has 1 saturated heterocycles. The van der Waals surface area contributed by atoms with Gasteiger partial charge in [-0.1, -0.05) is 0 Å². The summed E-state index contributed by atoms with van der Waals surface area (Å²) in [6.07, 6.45) is 3.71. The van der Waals surface area contributed by atoms with E-state index in [1.165, 1.54) is 0 Å². The van der Waals surface area contributed by atoms with Crippen LogP contribution in [0, 0.1) is 17.8 Å². The molecule has 2 aliphatic rings. The summed E-state index contributed by atoms with van der Waals surface area (Å²) in [4.78, 5) is 25.8. The first-order valence-corrected chi connectivity index (χ1v) is 7.20. The highest BCUT2D eigenvalue weighted by Gasteiger charge is 2.46. The molecule has 3 atom stereocenters. The number of rotatable bonds is 3. The summed E-state index contributed by atoms with van der Waals surface area (Å²) < 4.78 is 5.22. The molecule has 20 heavy (non-hydrogen) atoms. The number of fused-ring (bicyclic) bond motifs is 2. The van der Waals surface area contributed by atoms with Gasteiger partial charge in [-0.15, -0.1) is 0 Å². The molecule has 2 bridgehead atoms. The summed E-state index contributed by atoms with van der Waals surface area (Å²) in [6.45, 7) is 3.50. The van der Waals surface area contributed by atoms with Crippen molar-refractivity contribution in [3.63, 3.8) is 0 Å². The topological polar surface area (TPSA) is 62.6 Å². The van der Waals surface area contributed by atoms with Crippen LogP contribution in [0.1, 0.15) is 25.5 Å². The lowest BCUT2D eigenvalue weighted by atomic mass is 9.84. The normalized spacial score (nSPS) is 28.4. The molecule has 5 nitrogen and oxygen atoms in total. The average molecular weight is 276 g/mol. The summed E-state index contributed by atoms with van der Waals surface area (Å²) in [6, 6.07) is 3.67. The summed E-state index contributed by atoms with van der Waals surface area (Å²) in [5.74, 6) is 1.68. The van der Waals surface area contributed by atoms with Gasteiger partial charge in [0.05, 0.1) is 12.8 Å². The van der Waals surface area contributed by atoms with Crippen LogP contribution >= 0.6 is 0 Å². The molecule has 108 valence electrons. The second-order valence-corrected chi connectivity index (χ2v) is 5.84. The SMILES string of the molecule is CC(=O)N1C[C@H]2CC[C@@H](C1)C2C(=O)NCc1ccco1. The molecule has 1 N–H and O–H groups in total. The quantitative estimate of drug-likeness (QED) is 0.907. The first kappa shape index (κ1) is 13.2. The van der Waals surface area contributed by atoms with Crippen molar-refractivity contribution >= 4 is 11.8 Å². The Hall–Kier alpha value is -1.78. The average Bonchev–Trinajstić information content (AvgIpc) is 3.02. The van der Waals surface area contributed by atoms with Crippen molar-refractivity contribution in [3.8, 4) is 0 Å². The van der Waals surface area contributed by atoms with Gasteiger partial charge in [0.2, 0.25) is 11.8 Å². The molecule has 3 rings (SSSR count). The number of hydrogen-bond acceptors (Lipinski definition) is 3. The second-order valence-electron chi connectivity index (χ2n) is 5.84. The Balaban J connectivity index is 1.60. The van der Waals surface area contributed by atoms with Crippen LogP contribution in [0.15, 0.2) is 22.8 Å². The van der Waals surface area contributed by atoms with Crippen LogP contribution in [0.3, 0.4) is 0 Å². The van der Waals surface area contributed by atoms with Gasteiger partial charge in [-0.25, -0.2) is 0 Å². The van der Waals surface area contributed by atoms with Gasteiger partial charge in [0.15, 0.2) is 0 Å². The van der Waals surface area contributed by atoms with E-state index in [-0.39, 0.29) is 17.7 Å². The van der Waals surface area contributed by atoms with Gasteiger partial charge < -0.3 is 14.6 Å². The Kier molecular flexibility index (Phi) is 3.51. The van der Waals surface area contributed by atoms with Crippen molar-refractivity contribution < 1.29 is 14.0 Å². The fraction of sp³-hybridized carbons (Fsp3) is 0.600. The first-order valence-electron chi connectivity index (χ1n) is 7.20. The summed E-state index contributed by atoms with van der Waals surface area (Å²) in [5.41, 5.74) is 0. The number of piperidine rings is 1. The standard InChI is InChI=1S/C15H20N2O3/c1-10(18)17-8-11-4-5-12(9-17)14(11)15(19)16-7-13-3-2-6-20-13/h2-3,6,11-12,14H,4-5,7-9H2,1H3,(H,16,19)/t11-,12+,14?. The lowest BCUT2D eigenvalue weighted by Crippen LogP contribution is -2.49. The van der Waals surface area contributed by atoms with Crippen molar-refractivity contribution in [1.29, 1.82) is 0 Å². The fourth-order valence-electron chi connectivity index (χ4n) is 3.61. The molecular formula is C15H20N2O3. The smallest absolute Gasteiger partial charge is 0.224 e. The first-order chi connectivity index (χ1) is 9.65. The second kappa shape index (κ2) is 5.31. The molecular weight excluding hydrogens is 256 g/mol. The maximum atomic E-state index is 12.4. The molecule has 1 aliphatic carbocycles. The molecule has 2 fully saturated rings. The Morgan fingerprint density at radius 1 is 1.35 bits per heavy atom. The lowest BCUT2D eigenvalue weighted by molar-refractivity contribution is -0.137. The minimum atomic E-state index is 0.0561. The minimum absolute atomic E-state index is 0.0561. The maximum Gasteiger partial charge on any atom is 0.224 e. The van der Waals surface area contributed by atoms with Crippen LogP contribution in [-0.4, -0.2) is 29.8 Å². The van der Waals surface area contributed by atoms with Crippen LogP contribution in [0.25, 0.3) is 0 Å². The van der Waals surface area contributed by atoms with Crippen molar-refractivity contribution in [1.82, 2.24) is 10.2 Å². The van der Waals surface area contributed by atoms with Gasteiger partial charge in [0, 0.05) is 25.9 Å². The molecule has 1 unspecified atom stereocenters. The van der Waals surface area contributed by atoms with Gasteiger partial charge >= 0.3 is 0 Å². The number of likely N-dealkylation sites (tertiary alicyclic amines) is 1. The van der Waals surface area contributed by atoms with E-state index in [1.807, 2.05) is 17.0 Å². The number of amides is 2. The maximum absolute atomic E-state index is 12.4. The molecule has 2 amide bonds. The van der Waals surface area contributed by atoms with E-state index in [4.69, 9.17) is 4.42 Å². The lowest BCUT2D eigenvalue weighted by Gasteiger charge is -2.36. The highest BCUT2D eigenvalue weighted by molar-refractivity contribution is 5.80. The van der Waals surface area contributed by atoms with E-state index in [0.717, 1.165) is 31.7 Å². The number of hydrogen-bond donors (Lipinski definition) is 1. The van der Waals surface area contributed by atoms with E-state index < -0.39 is 0 Å². The third-order valence-corrected chi connectivity index (χ3v) is 4.60. The predicted molar refractivity (Wildman–Crippen MR) is 72.5 cm³/mol. The zero-order valence-electron chi connectivity index (χ0n) is 11.7. The number of nitrogens with zero attached hydrogens (tertiary/aromatic N) is 1. The molecule has 5 heteroatoms. The van der Waals surface area contributed by atoms with Crippen molar-refractivity contribution in [2.45, 2.75) is 26.3 Å². The summed E-state index contributed by atoms with van der Waals surface area (Å²) in [7, 11) is 0. The fourth-order valence-corrected chi connectivity index (χ4v) is 3.61. The van der Waals surface area contributed by atoms with Crippen LogP contribution < -0.4 is 5.32 Å². The van der Waals surface area contributed by atoms with Crippen LogP contribution in [0.5, 0.6) is 0 Å². The summed E-state index contributed by atoms with van der Waals surface area (Å²) in [5, 5.41) is 2.96. The molecule has 1 saturated carbocycles.